The minimum atomic E-state index is -1.59. The number of aliphatic hydroxyl groups is 3. The highest BCUT2D eigenvalue weighted by molar-refractivity contribution is 5.02. The summed E-state index contributed by atoms with van der Waals surface area (Å²) >= 11 is 0. The summed E-state index contributed by atoms with van der Waals surface area (Å²) in [5.41, 5.74) is -1.59. The molecule has 162 valence electrons. The minimum Gasteiger partial charge on any atom is -0.393 e. The fourth-order valence-electron chi connectivity index (χ4n) is 4.12. The summed E-state index contributed by atoms with van der Waals surface area (Å²) in [5.74, 6) is 1.46. The Morgan fingerprint density at radius 1 is 1.04 bits per heavy atom. The van der Waals surface area contributed by atoms with Crippen LogP contribution in [0.1, 0.15) is 90.4 Å². The maximum Gasteiger partial charge on any atom is 0.131 e. The van der Waals surface area contributed by atoms with Gasteiger partial charge in [0.15, 0.2) is 0 Å². The number of rotatable bonds is 16. The van der Waals surface area contributed by atoms with Gasteiger partial charge in [0.25, 0.3) is 0 Å². The predicted molar refractivity (Wildman–Crippen MR) is 119 cm³/mol. The van der Waals surface area contributed by atoms with Crippen LogP contribution in [0.3, 0.4) is 0 Å². The Labute approximate surface area is 173 Å². The average molecular weight is 393 g/mol. The summed E-state index contributed by atoms with van der Waals surface area (Å²) in [6, 6.07) is 0. The van der Waals surface area contributed by atoms with Crippen molar-refractivity contribution < 1.29 is 15.3 Å². The second-order valence-corrected chi connectivity index (χ2v) is 8.49. The minimum absolute atomic E-state index is 0.422. The first-order chi connectivity index (χ1) is 13.6. The molecule has 0 aromatic carbocycles. The number of allylic oxidation sites excluding steroid dienone is 4. The Balaban J connectivity index is 2.22. The highest BCUT2D eigenvalue weighted by Gasteiger charge is 2.30. The number of hydrogen-bond donors (Lipinski definition) is 3. The van der Waals surface area contributed by atoms with Gasteiger partial charge < -0.3 is 15.3 Å². The van der Waals surface area contributed by atoms with Crippen molar-refractivity contribution in [2.24, 2.45) is 11.8 Å². The SMILES string of the molecule is C=CC(O)(CO)C(O)CC/C=C\C[C@H]1CCC[C@@H]1/C=C/CCCCCCCC. The van der Waals surface area contributed by atoms with Crippen molar-refractivity contribution in [3.8, 4) is 0 Å². The number of hydrogen-bond acceptors (Lipinski definition) is 3. The van der Waals surface area contributed by atoms with E-state index in [0.29, 0.717) is 12.8 Å². The summed E-state index contributed by atoms with van der Waals surface area (Å²) in [4.78, 5) is 0. The van der Waals surface area contributed by atoms with Gasteiger partial charge in [-0.25, -0.2) is 0 Å². The lowest BCUT2D eigenvalue weighted by Gasteiger charge is -2.27. The normalized spacial score (nSPS) is 23.4. The summed E-state index contributed by atoms with van der Waals surface area (Å²) < 4.78 is 0. The van der Waals surface area contributed by atoms with E-state index in [1.54, 1.807) is 0 Å². The van der Waals surface area contributed by atoms with E-state index in [0.717, 1.165) is 18.3 Å². The van der Waals surface area contributed by atoms with Crippen molar-refractivity contribution >= 4 is 0 Å². The Morgan fingerprint density at radius 3 is 2.50 bits per heavy atom. The molecule has 1 rings (SSSR count). The third kappa shape index (κ3) is 9.54. The Hall–Kier alpha value is -0.900. The Bertz CT molecular complexity index is 457. The van der Waals surface area contributed by atoms with Gasteiger partial charge in [-0.3, -0.25) is 0 Å². The van der Waals surface area contributed by atoms with E-state index in [4.69, 9.17) is 0 Å². The molecule has 0 aromatic heterocycles. The molecule has 3 nitrogen and oxygen atoms in total. The molecule has 3 heteroatoms. The number of aliphatic hydroxyl groups excluding tert-OH is 2. The molecule has 0 radical (unpaired) electrons. The molecule has 1 aliphatic rings. The Kier molecular flexibility index (Phi) is 13.5. The molecule has 0 aliphatic heterocycles. The zero-order valence-corrected chi connectivity index (χ0v) is 18.1. The molecule has 0 spiro atoms. The zero-order valence-electron chi connectivity index (χ0n) is 18.1. The highest BCUT2D eigenvalue weighted by Crippen LogP contribution is 2.35. The molecular formula is C25H44O3. The quantitative estimate of drug-likeness (QED) is 0.233. The molecule has 1 aliphatic carbocycles. The summed E-state index contributed by atoms with van der Waals surface area (Å²) in [7, 11) is 0. The van der Waals surface area contributed by atoms with Crippen LogP contribution >= 0.6 is 0 Å². The van der Waals surface area contributed by atoms with Gasteiger partial charge in [0, 0.05) is 0 Å². The second kappa shape index (κ2) is 15.0. The van der Waals surface area contributed by atoms with Gasteiger partial charge in [0.05, 0.1) is 12.7 Å². The summed E-state index contributed by atoms with van der Waals surface area (Å²) in [6.45, 7) is 5.25. The maximum atomic E-state index is 10.00. The van der Waals surface area contributed by atoms with Gasteiger partial charge in [-0.05, 0) is 56.8 Å². The van der Waals surface area contributed by atoms with Crippen LogP contribution in [0.15, 0.2) is 37.0 Å². The fourth-order valence-corrected chi connectivity index (χ4v) is 4.12. The van der Waals surface area contributed by atoms with E-state index in [2.05, 4.69) is 37.8 Å². The molecule has 0 saturated heterocycles. The third-order valence-electron chi connectivity index (χ3n) is 6.22. The van der Waals surface area contributed by atoms with E-state index < -0.39 is 18.3 Å². The highest BCUT2D eigenvalue weighted by atomic mass is 16.4. The van der Waals surface area contributed by atoms with E-state index in [9.17, 15) is 15.3 Å². The van der Waals surface area contributed by atoms with Crippen LogP contribution in [0.4, 0.5) is 0 Å². The first-order valence-corrected chi connectivity index (χ1v) is 11.5. The molecule has 3 N–H and O–H groups in total. The molecule has 0 bridgehead atoms. The Morgan fingerprint density at radius 2 is 1.79 bits per heavy atom. The summed E-state index contributed by atoms with van der Waals surface area (Å²) in [6.07, 6.45) is 25.0. The van der Waals surface area contributed by atoms with Crippen molar-refractivity contribution in [1.82, 2.24) is 0 Å². The van der Waals surface area contributed by atoms with Crippen molar-refractivity contribution in [1.29, 1.82) is 0 Å². The molecule has 28 heavy (non-hydrogen) atoms. The lowest BCUT2D eigenvalue weighted by Crippen LogP contribution is -2.43. The van der Waals surface area contributed by atoms with Crippen molar-refractivity contribution in [2.45, 2.75) is 102 Å². The average Bonchev–Trinajstić information content (AvgIpc) is 3.16. The second-order valence-electron chi connectivity index (χ2n) is 8.49. The van der Waals surface area contributed by atoms with Crippen molar-refractivity contribution in [2.75, 3.05) is 6.61 Å². The fraction of sp³-hybridized carbons (Fsp3) is 0.760. The summed E-state index contributed by atoms with van der Waals surface area (Å²) in [5, 5.41) is 29.2. The number of unbranched alkanes of at least 4 members (excludes halogenated alkanes) is 6. The monoisotopic (exact) mass is 392 g/mol. The van der Waals surface area contributed by atoms with Crippen LogP contribution in [-0.4, -0.2) is 33.6 Å². The molecule has 1 saturated carbocycles. The standard InChI is InChI=1S/C25H44O3/c1-3-5-6-7-8-9-10-12-16-22-18-15-19-23(22)17-13-11-14-20-24(27)25(28,4-2)21-26/h4,11-13,16,22-24,26-28H,2-3,5-10,14-15,17-21H2,1H3/b13-11-,16-12+/t22-,23-,24?,25?/m0/s1. The predicted octanol–water partition coefficient (Wildman–Crippen LogP) is 5.71. The van der Waals surface area contributed by atoms with Crippen molar-refractivity contribution in [3.05, 3.63) is 37.0 Å². The molecule has 2 unspecified atom stereocenters. The van der Waals surface area contributed by atoms with E-state index >= 15 is 0 Å². The topological polar surface area (TPSA) is 60.7 Å². The smallest absolute Gasteiger partial charge is 0.131 e. The molecule has 0 amide bonds. The van der Waals surface area contributed by atoms with Gasteiger partial charge >= 0.3 is 0 Å². The van der Waals surface area contributed by atoms with Crippen molar-refractivity contribution in [3.63, 3.8) is 0 Å². The van der Waals surface area contributed by atoms with Crippen LogP contribution in [0.25, 0.3) is 0 Å². The lowest BCUT2D eigenvalue weighted by molar-refractivity contribution is -0.0731. The van der Waals surface area contributed by atoms with E-state index in [-0.39, 0.29) is 0 Å². The third-order valence-corrected chi connectivity index (χ3v) is 6.22. The molecule has 1 fully saturated rings. The first kappa shape index (κ1) is 25.1. The zero-order chi connectivity index (χ0) is 20.7. The van der Waals surface area contributed by atoms with Gasteiger partial charge in [-0.1, -0.05) is 75.8 Å². The van der Waals surface area contributed by atoms with E-state index in [1.807, 2.05) is 0 Å². The van der Waals surface area contributed by atoms with Crippen LogP contribution in [0, 0.1) is 11.8 Å². The first-order valence-electron chi connectivity index (χ1n) is 11.5. The largest absolute Gasteiger partial charge is 0.393 e. The van der Waals surface area contributed by atoms with Crippen LogP contribution in [0.5, 0.6) is 0 Å². The van der Waals surface area contributed by atoms with Gasteiger partial charge in [0.2, 0.25) is 0 Å². The van der Waals surface area contributed by atoms with Crippen LogP contribution in [0.2, 0.25) is 0 Å². The van der Waals surface area contributed by atoms with Crippen LogP contribution < -0.4 is 0 Å². The lowest BCUT2D eigenvalue weighted by atomic mass is 9.91. The molecule has 4 atom stereocenters. The van der Waals surface area contributed by atoms with Gasteiger partial charge in [-0.15, -0.1) is 6.58 Å². The molecule has 0 heterocycles. The van der Waals surface area contributed by atoms with Gasteiger partial charge in [-0.2, -0.15) is 0 Å². The maximum absolute atomic E-state index is 10.00. The van der Waals surface area contributed by atoms with Crippen LogP contribution in [-0.2, 0) is 0 Å². The van der Waals surface area contributed by atoms with Gasteiger partial charge in [0.1, 0.15) is 5.60 Å². The molecule has 0 aromatic rings. The van der Waals surface area contributed by atoms with E-state index in [1.165, 1.54) is 70.3 Å². The molecular weight excluding hydrogens is 348 g/mol.